The second-order valence-corrected chi connectivity index (χ2v) is 5.98. The predicted octanol–water partition coefficient (Wildman–Crippen LogP) is 1.76. The highest BCUT2D eigenvalue weighted by Gasteiger charge is 2.30. The van der Waals surface area contributed by atoms with E-state index in [-0.39, 0.29) is 5.91 Å². The molecular formula is C16H23N3O. The van der Waals surface area contributed by atoms with Crippen molar-refractivity contribution >= 4 is 5.91 Å². The summed E-state index contributed by atoms with van der Waals surface area (Å²) in [5.41, 5.74) is 0.843. The molecule has 1 N–H and O–H groups in total. The van der Waals surface area contributed by atoms with Crippen molar-refractivity contribution in [3.05, 3.63) is 30.1 Å². The number of aromatic nitrogens is 1. The first-order chi connectivity index (χ1) is 9.81. The molecule has 3 rings (SSSR count). The number of nitrogens with one attached hydrogen (secondary N) is 1. The first-order valence-electron chi connectivity index (χ1n) is 7.74. The van der Waals surface area contributed by atoms with Crippen molar-refractivity contribution in [3.63, 3.8) is 0 Å². The highest BCUT2D eigenvalue weighted by atomic mass is 16.1. The number of amides is 1. The molecule has 1 aliphatic carbocycles. The van der Waals surface area contributed by atoms with Gasteiger partial charge >= 0.3 is 0 Å². The van der Waals surface area contributed by atoms with Gasteiger partial charge in [0.05, 0.1) is 6.42 Å². The van der Waals surface area contributed by atoms with E-state index < -0.39 is 0 Å². The molecule has 1 atom stereocenters. The second kappa shape index (κ2) is 6.35. The van der Waals surface area contributed by atoms with E-state index in [0.29, 0.717) is 12.5 Å². The number of carbonyl (C=O) groups excluding carboxylic acids is 1. The van der Waals surface area contributed by atoms with Gasteiger partial charge in [-0.05, 0) is 31.4 Å². The zero-order valence-corrected chi connectivity index (χ0v) is 11.9. The first kappa shape index (κ1) is 13.6. The van der Waals surface area contributed by atoms with Gasteiger partial charge in [-0.2, -0.15) is 0 Å². The average molecular weight is 273 g/mol. The lowest BCUT2D eigenvalue weighted by atomic mass is 10.2. The van der Waals surface area contributed by atoms with E-state index in [1.54, 1.807) is 6.20 Å². The van der Waals surface area contributed by atoms with Crippen LogP contribution in [0.5, 0.6) is 0 Å². The number of hydrogen-bond donors (Lipinski definition) is 1. The minimum atomic E-state index is 0.0990. The summed E-state index contributed by atoms with van der Waals surface area (Å²) in [6, 6.07) is 6.80. The molecule has 1 saturated heterocycles. The fourth-order valence-electron chi connectivity index (χ4n) is 3.45. The molecule has 2 fully saturated rings. The van der Waals surface area contributed by atoms with Crippen LogP contribution in [0.2, 0.25) is 0 Å². The van der Waals surface area contributed by atoms with Crippen LogP contribution in [0.3, 0.4) is 0 Å². The molecule has 20 heavy (non-hydrogen) atoms. The number of pyridine rings is 1. The summed E-state index contributed by atoms with van der Waals surface area (Å²) in [4.78, 5) is 18.8. The van der Waals surface area contributed by atoms with Crippen molar-refractivity contribution < 1.29 is 4.79 Å². The molecule has 1 aliphatic heterocycles. The monoisotopic (exact) mass is 273 g/mol. The smallest absolute Gasteiger partial charge is 0.226 e. The molecule has 1 saturated carbocycles. The van der Waals surface area contributed by atoms with E-state index in [1.807, 2.05) is 18.2 Å². The summed E-state index contributed by atoms with van der Waals surface area (Å²) < 4.78 is 0. The van der Waals surface area contributed by atoms with Gasteiger partial charge in [-0.15, -0.1) is 0 Å². The van der Waals surface area contributed by atoms with E-state index in [1.165, 1.54) is 25.7 Å². The SMILES string of the molecule is O=C(Cc1ccccn1)NC1CCN(C2CCCC2)C1. The maximum Gasteiger partial charge on any atom is 0.226 e. The Morgan fingerprint density at radius 3 is 2.90 bits per heavy atom. The van der Waals surface area contributed by atoms with Crippen LogP contribution in [0.15, 0.2) is 24.4 Å². The van der Waals surface area contributed by atoms with Crippen molar-refractivity contribution in [2.75, 3.05) is 13.1 Å². The number of nitrogens with zero attached hydrogens (tertiary/aromatic N) is 2. The molecular weight excluding hydrogens is 250 g/mol. The molecule has 0 aromatic carbocycles. The Morgan fingerprint density at radius 2 is 2.15 bits per heavy atom. The Labute approximate surface area is 120 Å². The van der Waals surface area contributed by atoms with Crippen LogP contribution >= 0.6 is 0 Å². The molecule has 0 spiro atoms. The lowest BCUT2D eigenvalue weighted by Gasteiger charge is -2.23. The molecule has 1 aromatic rings. The number of likely N-dealkylation sites (tertiary alicyclic amines) is 1. The van der Waals surface area contributed by atoms with Crippen LogP contribution in [0, 0.1) is 0 Å². The summed E-state index contributed by atoms with van der Waals surface area (Å²) in [6.07, 6.45) is 8.64. The highest BCUT2D eigenvalue weighted by Crippen LogP contribution is 2.26. The van der Waals surface area contributed by atoms with E-state index in [0.717, 1.165) is 31.2 Å². The van der Waals surface area contributed by atoms with Crippen LogP contribution in [0.1, 0.15) is 37.8 Å². The van der Waals surface area contributed by atoms with Crippen LogP contribution in [-0.2, 0) is 11.2 Å². The third-order valence-corrected chi connectivity index (χ3v) is 4.49. The molecule has 108 valence electrons. The largest absolute Gasteiger partial charge is 0.352 e. The van der Waals surface area contributed by atoms with Gasteiger partial charge in [-0.3, -0.25) is 14.7 Å². The quantitative estimate of drug-likeness (QED) is 0.909. The van der Waals surface area contributed by atoms with Crippen LogP contribution < -0.4 is 5.32 Å². The molecule has 2 aliphatic rings. The van der Waals surface area contributed by atoms with Gasteiger partial charge in [-0.1, -0.05) is 18.9 Å². The summed E-state index contributed by atoms with van der Waals surface area (Å²) in [5.74, 6) is 0.0990. The number of rotatable bonds is 4. The normalized spacial score (nSPS) is 24.1. The Kier molecular flexibility index (Phi) is 4.31. The molecule has 2 heterocycles. The predicted molar refractivity (Wildman–Crippen MR) is 78.3 cm³/mol. The van der Waals surface area contributed by atoms with Crippen LogP contribution in [0.25, 0.3) is 0 Å². The van der Waals surface area contributed by atoms with Crippen molar-refractivity contribution in [2.24, 2.45) is 0 Å². The molecule has 0 radical (unpaired) electrons. The fourth-order valence-corrected chi connectivity index (χ4v) is 3.45. The van der Waals surface area contributed by atoms with Crippen molar-refractivity contribution in [2.45, 2.75) is 50.6 Å². The summed E-state index contributed by atoms with van der Waals surface area (Å²) >= 11 is 0. The molecule has 0 bridgehead atoms. The maximum absolute atomic E-state index is 12.0. The Morgan fingerprint density at radius 1 is 1.30 bits per heavy atom. The Balaban J connectivity index is 1.45. The van der Waals surface area contributed by atoms with Gasteiger partial charge in [0, 0.05) is 37.1 Å². The standard InChI is InChI=1S/C16H23N3O/c20-16(11-13-5-3-4-9-17-13)18-14-8-10-19(12-14)15-6-1-2-7-15/h3-5,9,14-15H,1-2,6-8,10-12H2,(H,18,20). The Hall–Kier alpha value is -1.42. The van der Waals surface area contributed by atoms with Gasteiger partial charge in [0.15, 0.2) is 0 Å². The van der Waals surface area contributed by atoms with Gasteiger partial charge in [0.2, 0.25) is 5.91 Å². The first-order valence-corrected chi connectivity index (χ1v) is 7.74. The average Bonchev–Trinajstić information content (AvgIpc) is 3.10. The van der Waals surface area contributed by atoms with Crippen LogP contribution in [-0.4, -0.2) is 41.0 Å². The van der Waals surface area contributed by atoms with Gasteiger partial charge in [0.25, 0.3) is 0 Å². The Bertz CT molecular complexity index is 442. The zero-order chi connectivity index (χ0) is 13.8. The fraction of sp³-hybridized carbons (Fsp3) is 0.625. The lowest BCUT2D eigenvalue weighted by Crippen LogP contribution is -2.39. The zero-order valence-electron chi connectivity index (χ0n) is 11.9. The number of hydrogen-bond acceptors (Lipinski definition) is 3. The van der Waals surface area contributed by atoms with Crippen molar-refractivity contribution in [3.8, 4) is 0 Å². The van der Waals surface area contributed by atoms with E-state index in [4.69, 9.17) is 0 Å². The van der Waals surface area contributed by atoms with Crippen LogP contribution in [0.4, 0.5) is 0 Å². The lowest BCUT2D eigenvalue weighted by molar-refractivity contribution is -0.121. The van der Waals surface area contributed by atoms with Gasteiger partial charge < -0.3 is 5.32 Å². The summed E-state index contributed by atoms with van der Waals surface area (Å²) in [6.45, 7) is 2.16. The van der Waals surface area contributed by atoms with Crippen molar-refractivity contribution in [1.29, 1.82) is 0 Å². The van der Waals surface area contributed by atoms with E-state index in [9.17, 15) is 4.79 Å². The maximum atomic E-state index is 12.0. The minimum Gasteiger partial charge on any atom is -0.352 e. The van der Waals surface area contributed by atoms with Gasteiger partial charge in [0.1, 0.15) is 0 Å². The van der Waals surface area contributed by atoms with E-state index >= 15 is 0 Å². The summed E-state index contributed by atoms with van der Waals surface area (Å²) in [5, 5.41) is 3.16. The molecule has 4 heteroatoms. The highest BCUT2D eigenvalue weighted by molar-refractivity contribution is 5.78. The molecule has 1 aromatic heterocycles. The summed E-state index contributed by atoms with van der Waals surface area (Å²) in [7, 11) is 0. The topological polar surface area (TPSA) is 45.2 Å². The third-order valence-electron chi connectivity index (χ3n) is 4.49. The van der Waals surface area contributed by atoms with E-state index in [2.05, 4.69) is 15.2 Å². The van der Waals surface area contributed by atoms with Gasteiger partial charge in [-0.25, -0.2) is 0 Å². The molecule has 4 nitrogen and oxygen atoms in total. The molecule has 1 unspecified atom stereocenters. The second-order valence-electron chi connectivity index (χ2n) is 5.98. The number of carbonyl (C=O) groups is 1. The third kappa shape index (κ3) is 3.37. The molecule has 1 amide bonds. The minimum absolute atomic E-state index is 0.0990. The van der Waals surface area contributed by atoms with Crippen molar-refractivity contribution in [1.82, 2.24) is 15.2 Å².